The molecule has 2 fully saturated rings. The van der Waals surface area contributed by atoms with Crippen LogP contribution in [0.5, 0.6) is 0 Å². The average molecular weight is 494 g/mol. The van der Waals surface area contributed by atoms with E-state index in [2.05, 4.69) is 10.2 Å². The van der Waals surface area contributed by atoms with Crippen LogP contribution in [0, 0.1) is 5.92 Å². The molecule has 10 heteroatoms. The van der Waals surface area contributed by atoms with Crippen molar-refractivity contribution in [3.05, 3.63) is 42.0 Å². The first-order valence-electron chi connectivity index (χ1n) is 12.2. The van der Waals surface area contributed by atoms with Crippen molar-refractivity contribution in [1.82, 2.24) is 10.4 Å². The van der Waals surface area contributed by atoms with Crippen molar-refractivity contribution in [2.24, 2.45) is 5.92 Å². The maximum absolute atomic E-state index is 13.0. The molecular weight excluding hydrogens is 463 g/mol. The molecule has 0 aromatic heterocycles. The summed E-state index contributed by atoms with van der Waals surface area (Å²) in [5, 5.41) is 3.72. The molecule has 1 saturated carbocycles. The van der Waals surface area contributed by atoms with Gasteiger partial charge in [0, 0.05) is 30.9 Å². The molecule has 2 amide bonds. The largest absolute Gasteiger partial charge is 0.492 e. The summed E-state index contributed by atoms with van der Waals surface area (Å²) in [7, 11) is 0. The third-order valence-electron chi connectivity index (χ3n) is 6.95. The summed E-state index contributed by atoms with van der Waals surface area (Å²) in [6.45, 7) is 0.639. The molecule has 35 heavy (non-hydrogen) atoms. The van der Waals surface area contributed by atoms with E-state index in [0.717, 1.165) is 42.0 Å². The molecule has 0 bridgehead atoms. The van der Waals surface area contributed by atoms with E-state index in [1.165, 1.54) is 6.08 Å². The molecule has 7 nitrogen and oxygen atoms in total. The average Bonchev–Trinajstić information content (AvgIpc) is 3.23. The monoisotopic (exact) mass is 493 g/mol. The third kappa shape index (κ3) is 6.22. The lowest BCUT2D eigenvalue weighted by molar-refractivity contribution is -0.248. The smallest absolute Gasteiger partial charge is 0.360 e. The Kier molecular flexibility index (Phi) is 7.78. The maximum atomic E-state index is 13.0. The highest BCUT2D eigenvalue weighted by Crippen LogP contribution is 2.31. The van der Waals surface area contributed by atoms with Gasteiger partial charge in [0.1, 0.15) is 6.04 Å². The molecule has 4 rings (SSSR count). The number of hydrogen-bond donors (Lipinski definition) is 1. The Labute approximate surface area is 202 Å². The number of amides is 2. The van der Waals surface area contributed by atoms with Crippen molar-refractivity contribution in [2.75, 3.05) is 18.0 Å². The molecule has 0 spiro atoms. The molecule has 1 aliphatic carbocycles. The number of hydrogen-bond acceptors (Lipinski definition) is 5. The fourth-order valence-corrected chi connectivity index (χ4v) is 4.84. The molecule has 1 aromatic rings. The summed E-state index contributed by atoms with van der Waals surface area (Å²) >= 11 is 0. The Morgan fingerprint density at radius 3 is 2.57 bits per heavy atom. The Balaban J connectivity index is 1.42. The topological polar surface area (TPSA) is 79.0 Å². The van der Waals surface area contributed by atoms with Gasteiger partial charge in [-0.15, -0.1) is 5.06 Å². The molecule has 2 atom stereocenters. The molecular formula is C25H30F3N3O4. The third-order valence-corrected chi connectivity index (χ3v) is 6.95. The highest BCUT2D eigenvalue weighted by atomic mass is 19.4. The number of anilines is 1. The zero-order chi connectivity index (χ0) is 25.0. The van der Waals surface area contributed by atoms with Crippen LogP contribution >= 0.6 is 0 Å². The number of nitrogens with one attached hydrogen (secondary N) is 1. The first-order valence-corrected chi connectivity index (χ1v) is 12.2. The van der Waals surface area contributed by atoms with Crippen LogP contribution in [0.2, 0.25) is 0 Å². The number of para-hydroxylation sites is 1. The van der Waals surface area contributed by atoms with Gasteiger partial charge in [-0.25, -0.2) is 4.79 Å². The van der Waals surface area contributed by atoms with Crippen molar-refractivity contribution in [1.29, 1.82) is 0 Å². The Bertz CT molecular complexity index is 977. The Morgan fingerprint density at radius 1 is 1.09 bits per heavy atom. The fourth-order valence-electron chi connectivity index (χ4n) is 4.84. The number of fused-ring (bicyclic) bond motifs is 1. The zero-order valence-corrected chi connectivity index (χ0v) is 19.4. The molecule has 1 saturated heterocycles. The SMILES string of the molecule is O=C(N[C@H](/C=C/C(=O)N1CCc2ccccc21)CC1CCC1)[C@@H]1CCCCN1OC(=O)C(F)(F)F. The van der Waals surface area contributed by atoms with Crippen LogP contribution in [0.1, 0.15) is 50.5 Å². The van der Waals surface area contributed by atoms with Crippen molar-refractivity contribution in [3.8, 4) is 0 Å². The molecule has 1 aromatic carbocycles. The number of benzene rings is 1. The normalized spacial score (nSPS) is 21.9. The number of alkyl halides is 3. The maximum Gasteiger partial charge on any atom is 0.492 e. The second-order valence-electron chi connectivity index (χ2n) is 9.40. The Morgan fingerprint density at radius 2 is 1.86 bits per heavy atom. The number of nitrogens with zero attached hydrogens (tertiary/aromatic N) is 2. The van der Waals surface area contributed by atoms with Gasteiger partial charge < -0.3 is 15.1 Å². The lowest BCUT2D eigenvalue weighted by Crippen LogP contribution is -2.53. The van der Waals surface area contributed by atoms with Gasteiger partial charge in [0.15, 0.2) is 0 Å². The number of carbonyl (C=O) groups excluding carboxylic acids is 3. The van der Waals surface area contributed by atoms with E-state index in [1.807, 2.05) is 24.3 Å². The van der Waals surface area contributed by atoms with Crippen LogP contribution in [-0.4, -0.2) is 54.2 Å². The van der Waals surface area contributed by atoms with E-state index in [9.17, 15) is 27.6 Å². The van der Waals surface area contributed by atoms with Gasteiger partial charge in [-0.05, 0) is 49.7 Å². The standard InChI is InChI=1S/C25H30F3N3O4/c26-25(27,28)24(34)35-31-14-4-3-10-21(31)23(33)29-19(16-17-6-5-7-17)11-12-22(32)30-15-13-18-8-1-2-9-20(18)30/h1-2,8-9,11-12,17,19,21H,3-7,10,13-16H2,(H,29,33)/b12-11+/t19-,21+/m1/s1. The van der Waals surface area contributed by atoms with E-state index in [4.69, 9.17) is 0 Å². The first-order chi connectivity index (χ1) is 16.7. The second-order valence-corrected chi connectivity index (χ2v) is 9.40. The van der Waals surface area contributed by atoms with E-state index >= 15 is 0 Å². The van der Waals surface area contributed by atoms with Crippen LogP contribution in [0.25, 0.3) is 0 Å². The van der Waals surface area contributed by atoms with Gasteiger partial charge in [-0.1, -0.05) is 43.5 Å². The molecule has 190 valence electrons. The van der Waals surface area contributed by atoms with Gasteiger partial charge >= 0.3 is 12.1 Å². The summed E-state index contributed by atoms with van der Waals surface area (Å²) in [6.07, 6.45) is 4.04. The molecule has 1 N–H and O–H groups in total. The van der Waals surface area contributed by atoms with Crippen LogP contribution in [0.15, 0.2) is 36.4 Å². The quantitative estimate of drug-likeness (QED) is 0.587. The minimum Gasteiger partial charge on any atom is -0.360 e. The minimum atomic E-state index is -5.14. The number of hydroxylamine groups is 2. The summed E-state index contributed by atoms with van der Waals surface area (Å²) in [5.41, 5.74) is 1.99. The number of piperidine rings is 1. The lowest BCUT2D eigenvalue weighted by atomic mass is 9.80. The summed E-state index contributed by atoms with van der Waals surface area (Å²) in [4.78, 5) is 43.5. The molecule has 2 heterocycles. The minimum absolute atomic E-state index is 0.0515. The van der Waals surface area contributed by atoms with Crippen LogP contribution in [0.4, 0.5) is 18.9 Å². The van der Waals surface area contributed by atoms with Crippen LogP contribution < -0.4 is 10.2 Å². The number of carbonyl (C=O) groups is 3. The van der Waals surface area contributed by atoms with E-state index in [1.54, 1.807) is 11.0 Å². The van der Waals surface area contributed by atoms with Crippen molar-refractivity contribution < 1.29 is 32.4 Å². The molecule has 0 unspecified atom stereocenters. The molecule has 2 aliphatic heterocycles. The summed E-state index contributed by atoms with van der Waals surface area (Å²) in [5.74, 6) is -2.61. The Hall–Kier alpha value is -2.88. The van der Waals surface area contributed by atoms with Crippen LogP contribution in [0.3, 0.4) is 0 Å². The lowest BCUT2D eigenvalue weighted by Gasteiger charge is -2.34. The summed E-state index contributed by atoms with van der Waals surface area (Å²) < 4.78 is 38.0. The van der Waals surface area contributed by atoms with E-state index < -0.39 is 30.1 Å². The van der Waals surface area contributed by atoms with Gasteiger partial charge in [0.05, 0.1) is 0 Å². The summed E-state index contributed by atoms with van der Waals surface area (Å²) in [6, 6.07) is 6.27. The van der Waals surface area contributed by atoms with Crippen molar-refractivity contribution >= 4 is 23.5 Å². The number of rotatable bonds is 7. The van der Waals surface area contributed by atoms with Crippen LogP contribution in [-0.2, 0) is 25.6 Å². The van der Waals surface area contributed by atoms with Gasteiger partial charge in [-0.2, -0.15) is 13.2 Å². The van der Waals surface area contributed by atoms with Crippen molar-refractivity contribution in [3.63, 3.8) is 0 Å². The van der Waals surface area contributed by atoms with Gasteiger partial charge in [0.25, 0.3) is 5.91 Å². The number of halogens is 3. The van der Waals surface area contributed by atoms with E-state index in [-0.39, 0.29) is 18.9 Å². The highest BCUT2D eigenvalue weighted by Gasteiger charge is 2.44. The highest BCUT2D eigenvalue weighted by molar-refractivity contribution is 6.03. The predicted molar refractivity (Wildman–Crippen MR) is 122 cm³/mol. The van der Waals surface area contributed by atoms with Gasteiger partial charge in [-0.3, -0.25) is 9.59 Å². The molecule has 0 radical (unpaired) electrons. The van der Waals surface area contributed by atoms with Gasteiger partial charge in [0.2, 0.25) is 5.91 Å². The van der Waals surface area contributed by atoms with E-state index in [0.29, 0.717) is 31.7 Å². The first kappa shape index (κ1) is 25.2. The second kappa shape index (κ2) is 10.8. The predicted octanol–water partition coefficient (Wildman–Crippen LogP) is 3.68. The van der Waals surface area contributed by atoms with Crippen molar-refractivity contribution in [2.45, 2.75) is 69.6 Å². The fraction of sp³-hybridized carbons (Fsp3) is 0.560. The zero-order valence-electron chi connectivity index (χ0n) is 19.4. The molecule has 3 aliphatic rings.